The van der Waals surface area contributed by atoms with E-state index in [1.54, 1.807) is 0 Å². The topological polar surface area (TPSA) is 44.8 Å². The molecule has 3 aromatic rings. The first kappa shape index (κ1) is 17.4. The van der Waals surface area contributed by atoms with Gasteiger partial charge in [-0.25, -0.2) is 9.97 Å². The molecule has 0 atom stereocenters. The number of hydrogen-bond donors (Lipinski definition) is 1. The van der Waals surface area contributed by atoms with E-state index in [1.807, 2.05) is 0 Å². The lowest BCUT2D eigenvalue weighted by Crippen LogP contribution is -2.31. The second-order valence-electron chi connectivity index (χ2n) is 7.97. The summed E-state index contributed by atoms with van der Waals surface area (Å²) in [4.78, 5) is 15.6. The van der Waals surface area contributed by atoms with Gasteiger partial charge in [-0.2, -0.15) is 0 Å². The third kappa shape index (κ3) is 3.43. The molecular formula is C22H25BrN4. The molecule has 1 fully saturated rings. The average Bonchev–Trinajstić information content (AvgIpc) is 3.12. The van der Waals surface area contributed by atoms with Crippen LogP contribution in [-0.4, -0.2) is 26.4 Å². The van der Waals surface area contributed by atoms with Crippen molar-refractivity contribution in [2.75, 3.05) is 6.54 Å². The first-order valence-corrected chi connectivity index (χ1v) is 10.9. The summed E-state index contributed by atoms with van der Waals surface area (Å²) in [7, 11) is 0. The fourth-order valence-electron chi connectivity index (χ4n) is 4.66. The minimum absolute atomic E-state index is 0.589. The number of hydrogen-bond acceptors (Lipinski definition) is 3. The molecule has 5 heteroatoms. The molecule has 1 aromatic carbocycles. The predicted octanol–water partition coefficient (Wildman–Crippen LogP) is 5.33. The quantitative estimate of drug-likeness (QED) is 0.617. The van der Waals surface area contributed by atoms with Crippen LogP contribution in [0.25, 0.3) is 10.9 Å². The zero-order chi connectivity index (χ0) is 18.2. The van der Waals surface area contributed by atoms with Gasteiger partial charge in [0.15, 0.2) is 0 Å². The van der Waals surface area contributed by atoms with Gasteiger partial charge in [-0.3, -0.25) is 4.90 Å². The van der Waals surface area contributed by atoms with E-state index in [9.17, 15) is 0 Å². The van der Waals surface area contributed by atoms with Crippen LogP contribution in [0, 0.1) is 0 Å². The maximum atomic E-state index is 4.98. The second-order valence-corrected chi connectivity index (χ2v) is 8.83. The van der Waals surface area contributed by atoms with Crippen molar-refractivity contribution in [2.45, 2.75) is 57.5 Å². The van der Waals surface area contributed by atoms with Gasteiger partial charge < -0.3 is 4.98 Å². The molecule has 140 valence electrons. The lowest BCUT2D eigenvalue weighted by Gasteiger charge is -2.29. The number of aromatic nitrogens is 3. The summed E-state index contributed by atoms with van der Waals surface area (Å²) in [6.07, 6.45) is 11.8. The van der Waals surface area contributed by atoms with Gasteiger partial charge in [0, 0.05) is 71.0 Å². The average molecular weight is 425 g/mol. The third-order valence-corrected chi connectivity index (χ3v) is 6.79. The molecule has 1 saturated carbocycles. The second kappa shape index (κ2) is 7.36. The van der Waals surface area contributed by atoms with Crippen molar-refractivity contribution in [2.24, 2.45) is 0 Å². The molecular weight excluding hydrogens is 400 g/mol. The highest BCUT2D eigenvalue weighted by Gasteiger charge is 2.23. The van der Waals surface area contributed by atoms with Gasteiger partial charge in [-0.1, -0.05) is 41.3 Å². The smallest absolute Gasteiger partial charge is 0.131 e. The Labute approximate surface area is 168 Å². The lowest BCUT2D eigenvalue weighted by molar-refractivity contribution is 0.243. The minimum Gasteiger partial charge on any atom is -0.361 e. The van der Waals surface area contributed by atoms with Crippen LogP contribution in [0.3, 0.4) is 0 Å². The molecule has 2 aromatic heterocycles. The first-order chi connectivity index (χ1) is 13.3. The molecule has 3 heterocycles. The minimum atomic E-state index is 0.589. The summed E-state index contributed by atoms with van der Waals surface area (Å²) < 4.78 is 1.16. The van der Waals surface area contributed by atoms with Crippen molar-refractivity contribution in [3.63, 3.8) is 0 Å². The number of nitrogens with one attached hydrogen (secondary N) is 1. The molecule has 0 amide bonds. The lowest BCUT2D eigenvalue weighted by atomic mass is 9.88. The van der Waals surface area contributed by atoms with Gasteiger partial charge >= 0.3 is 0 Å². The van der Waals surface area contributed by atoms with E-state index in [0.29, 0.717) is 5.92 Å². The summed E-state index contributed by atoms with van der Waals surface area (Å²) in [5.74, 6) is 1.69. The summed E-state index contributed by atoms with van der Waals surface area (Å²) in [5.41, 5.74) is 5.12. The Bertz CT molecular complexity index is 958. The van der Waals surface area contributed by atoms with Gasteiger partial charge in [0.25, 0.3) is 0 Å². The van der Waals surface area contributed by atoms with Crippen LogP contribution in [0.4, 0.5) is 0 Å². The highest BCUT2D eigenvalue weighted by molar-refractivity contribution is 9.10. The molecule has 1 aliphatic carbocycles. The standard InChI is InChI=1S/C22H25BrN4/c23-18-7-4-8-20-21(18)17(12-24-20)14-27-10-9-19-16(13-27)11-25-22(26-19)15-5-2-1-3-6-15/h4,7-8,11-12,15,24H,1-3,5-6,9-10,13-14H2. The molecule has 0 bridgehead atoms. The first-order valence-electron chi connectivity index (χ1n) is 10.1. The number of rotatable bonds is 3. The van der Waals surface area contributed by atoms with E-state index < -0.39 is 0 Å². The van der Waals surface area contributed by atoms with E-state index in [-0.39, 0.29) is 0 Å². The van der Waals surface area contributed by atoms with E-state index in [1.165, 1.54) is 59.8 Å². The van der Waals surface area contributed by atoms with Crippen molar-refractivity contribution in [1.29, 1.82) is 0 Å². The maximum Gasteiger partial charge on any atom is 0.131 e. The van der Waals surface area contributed by atoms with Crippen LogP contribution in [0.2, 0.25) is 0 Å². The van der Waals surface area contributed by atoms with Gasteiger partial charge in [0.05, 0.1) is 0 Å². The maximum absolute atomic E-state index is 4.98. The Kier molecular flexibility index (Phi) is 4.74. The Morgan fingerprint density at radius 1 is 1.19 bits per heavy atom. The normalized spacial score (nSPS) is 18.7. The summed E-state index contributed by atoms with van der Waals surface area (Å²) in [6, 6.07) is 6.33. The number of aromatic amines is 1. The molecule has 0 saturated heterocycles. The molecule has 5 rings (SSSR count). The highest BCUT2D eigenvalue weighted by Crippen LogP contribution is 2.32. The van der Waals surface area contributed by atoms with Crippen LogP contribution in [0.15, 0.2) is 35.1 Å². The van der Waals surface area contributed by atoms with E-state index in [0.717, 1.165) is 36.4 Å². The van der Waals surface area contributed by atoms with Gasteiger partial charge in [0.2, 0.25) is 0 Å². The van der Waals surface area contributed by atoms with Crippen LogP contribution in [-0.2, 0) is 19.5 Å². The third-order valence-electron chi connectivity index (χ3n) is 6.13. The van der Waals surface area contributed by atoms with Crippen molar-refractivity contribution in [3.05, 3.63) is 57.7 Å². The molecule has 0 radical (unpaired) electrons. The Balaban J connectivity index is 1.33. The van der Waals surface area contributed by atoms with E-state index in [2.05, 4.69) is 56.4 Å². The Morgan fingerprint density at radius 2 is 2.07 bits per heavy atom. The Hall–Kier alpha value is -1.72. The summed E-state index contributed by atoms with van der Waals surface area (Å²) in [6.45, 7) is 2.95. The summed E-state index contributed by atoms with van der Waals surface area (Å²) >= 11 is 3.70. The molecule has 27 heavy (non-hydrogen) atoms. The summed E-state index contributed by atoms with van der Waals surface area (Å²) in [5, 5.41) is 1.30. The number of fused-ring (bicyclic) bond motifs is 2. The molecule has 0 spiro atoms. The van der Waals surface area contributed by atoms with Crippen molar-refractivity contribution in [3.8, 4) is 0 Å². The van der Waals surface area contributed by atoms with Crippen LogP contribution in [0.5, 0.6) is 0 Å². The van der Waals surface area contributed by atoms with Crippen molar-refractivity contribution >= 4 is 26.8 Å². The monoisotopic (exact) mass is 424 g/mol. The number of halogens is 1. The van der Waals surface area contributed by atoms with Crippen molar-refractivity contribution < 1.29 is 0 Å². The number of nitrogens with zero attached hydrogens (tertiary/aromatic N) is 3. The predicted molar refractivity (Wildman–Crippen MR) is 112 cm³/mol. The Morgan fingerprint density at radius 3 is 2.96 bits per heavy atom. The van der Waals surface area contributed by atoms with Gasteiger partial charge in [-0.15, -0.1) is 0 Å². The zero-order valence-electron chi connectivity index (χ0n) is 15.5. The molecule has 4 nitrogen and oxygen atoms in total. The molecule has 0 unspecified atom stereocenters. The van der Waals surface area contributed by atoms with Crippen LogP contribution in [0.1, 0.15) is 60.7 Å². The molecule has 1 aliphatic heterocycles. The van der Waals surface area contributed by atoms with E-state index >= 15 is 0 Å². The van der Waals surface area contributed by atoms with Gasteiger partial charge in [0.1, 0.15) is 5.82 Å². The van der Waals surface area contributed by atoms with Gasteiger partial charge in [-0.05, 0) is 30.5 Å². The zero-order valence-corrected chi connectivity index (χ0v) is 17.1. The fourth-order valence-corrected chi connectivity index (χ4v) is 5.28. The number of benzene rings is 1. The molecule has 2 aliphatic rings. The molecule has 1 N–H and O–H groups in total. The van der Waals surface area contributed by atoms with E-state index in [4.69, 9.17) is 9.97 Å². The SMILES string of the molecule is Brc1cccc2[nH]cc(CN3CCc4nc(C5CCCCC5)ncc4C3)c12. The largest absolute Gasteiger partial charge is 0.361 e. The fraction of sp³-hybridized carbons (Fsp3) is 0.455. The number of H-pyrrole nitrogens is 1. The highest BCUT2D eigenvalue weighted by atomic mass is 79.9. The van der Waals surface area contributed by atoms with Crippen molar-refractivity contribution in [1.82, 2.24) is 19.9 Å². The van der Waals surface area contributed by atoms with Crippen LogP contribution < -0.4 is 0 Å². The van der Waals surface area contributed by atoms with Crippen LogP contribution >= 0.6 is 15.9 Å².